The molecular weight excluding hydrogens is 466 g/mol. The summed E-state index contributed by atoms with van der Waals surface area (Å²) in [5.74, 6) is -0.00932. The molecule has 108 valence electrons. The Bertz CT molecular complexity index is 662. The van der Waals surface area contributed by atoms with E-state index in [0.29, 0.717) is 5.69 Å². The van der Waals surface area contributed by atoms with Crippen LogP contribution in [0.1, 0.15) is 6.42 Å². The van der Waals surface area contributed by atoms with Crippen molar-refractivity contribution >= 4 is 65.3 Å². The highest BCUT2D eigenvalue weighted by atomic mass is 79.9. The summed E-state index contributed by atoms with van der Waals surface area (Å²) in [4.78, 5) is 27.0. The van der Waals surface area contributed by atoms with Crippen molar-refractivity contribution in [3.8, 4) is 0 Å². The molecule has 3 nitrogen and oxygen atoms in total. The van der Waals surface area contributed by atoms with Gasteiger partial charge >= 0.3 is 0 Å². The normalized spacial score (nSPS) is 33.2. The van der Waals surface area contributed by atoms with Gasteiger partial charge in [0, 0.05) is 13.4 Å². The van der Waals surface area contributed by atoms with Gasteiger partial charge in [-0.1, -0.05) is 28.1 Å². The third-order valence-electron chi connectivity index (χ3n) is 4.68. The number of carbonyl (C=O) groups excluding carboxylic acids is 2. The minimum atomic E-state index is -0.171. The Balaban J connectivity index is 1.82. The molecule has 1 saturated heterocycles. The van der Waals surface area contributed by atoms with Crippen LogP contribution in [0.15, 0.2) is 37.7 Å². The van der Waals surface area contributed by atoms with E-state index in [9.17, 15) is 9.59 Å². The number of hydrogen-bond donors (Lipinski definition) is 0. The van der Waals surface area contributed by atoms with Crippen LogP contribution in [0.3, 0.4) is 0 Å². The van der Waals surface area contributed by atoms with Gasteiger partial charge in [0.25, 0.3) is 0 Å². The van der Waals surface area contributed by atoms with Gasteiger partial charge < -0.3 is 0 Å². The topological polar surface area (TPSA) is 37.4 Å². The van der Waals surface area contributed by atoms with E-state index in [0.717, 1.165) is 19.8 Å². The molecule has 0 radical (unpaired) electrons. The lowest BCUT2D eigenvalue weighted by molar-refractivity contribution is -0.123. The van der Waals surface area contributed by atoms with Gasteiger partial charge in [-0.05, 0) is 62.2 Å². The third-order valence-corrected chi connectivity index (χ3v) is 6.34. The van der Waals surface area contributed by atoms with Gasteiger partial charge in [0.05, 0.1) is 17.5 Å². The molecular formula is C15H10Br3NO2. The first-order valence-electron chi connectivity index (χ1n) is 6.69. The molecule has 2 amide bonds. The predicted molar refractivity (Wildman–Crippen MR) is 89.8 cm³/mol. The first-order chi connectivity index (χ1) is 9.99. The van der Waals surface area contributed by atoms with E-state index in [2.05, 4.69) is 59.9 Å². The smallest absolute Gasteiger partial charge is 0.238 e. The van der Waals surface area contributed by atoms with Crippen molar-refractivity contribution in [1.29, 1.82) is 0 Å². The average molecular weight is 476 g/mol. The monoisotopic (exact) mass is 473 g/mol. The van der Waals surface area contributed by atoms with Crippen molar-refractivity contribution < 1.29 is 9.59 Å². The van der Waals surface area contributed by atoms with Crippen LogP contribution in [0.5, 0.6) is 0 Å². The van der Waals surface area contributed by atoms with Crippen LogP contribution < -0.4 is 4.90 Å². The molecule has 4 rings (SSSR count). The van der Waals surface area contributed by atoms with E-state index in [4.69, 9.17) is 0 Å². The zero-order valence-electron chi connectivity index (χ0n) is 10.7. The molecule has 3 aliphatic rings. The quantitative estimate of drug-likeness (QED) is 0.449. The van der Waals surface area contributed by atoms with Gasteiger partial charge in [0.1, 0.15) is 0 Å². The third kappa shape index (κ3) is 1.88. The number of fused-ring (bicyclic) bond motifs is 5. The summed E-state index contributed by atoms with van der Waals surface area (Å²) >= 11 is 10.3. The van der Waals surface area contributed by atoms with E-state index in [1.807, 2.05) is 12.1 Å². The minimum absolute atomic E-state index is 0.0643. The second-order valence-corrected chi connectivity index (χ2v) is 8.35. The van der Waals surface area contributed by atoms with Crippen molar-refractivity contribution in [3.05, 3.63) is 37.7 Å². The molecule has 4 atom stereocenters. The average Bonchev–Trinajstić information content (AvgIpc) is 3.06. The van der Waals surface area contributed by atoms with Gasteiger partial charge in [-0.25, -0.2) is 4.90 Å². The Hall–Kier alpha value is -0.460. The highest BCUT2D eigenvalue weighted by Gasteiger charge is 2.60. The summed E-state index contributed by atoms with van der Waals surface area (Å²) in [5, 5.41) is 0. The molecule has 2 fully saturated rings. The minimum Gasteiger partial charge on any atom is -0.274 e. The van der Waals surface area contributed by atoms with Crippen molar-refractivity contribution in [3.63, 3.8) is 0 Å². The molecule has 1 aromatic carbocycles. The van der Waals surface area contributed by atoms with E-state index in [1.54, 1.807) is 0 Å². The second-order valence-electron chi connectivity index (χ2n) is 5.73. The number of anilines is 1. The number of rotatable bonds is 1. The number of amides is 2. The number of nitrogens with zero attached hydrogens (tertiary/aromatic N) is 1. The van der Waals surface area contributed by atoms with Crippen LogP contribution in [0.4, 0.5) is 5.69 Å². The predicted octanol–water partition coefficient (Wildman–Crippen LogP) is 4.29. The lowest BCUT2D eigenvalue weighted by Crippen LogP contribution is -2.33. The van der Waals surface area contributed by atoms with Crippen molar-refractivity contribution in [2.45, 2.75) is 6.42 Å². The lowest BCUT2D eigenvalue weighted by Gasteiger charge is -2.20. The molecule has 1 saturated carbocycles. The fourth-order valence-electron chi connectivity index (χ4n) is 3.87. The molecule has 2 aliphatic carbocycles. The Kier molecular flexibility index (Phi) is 3.21. The highest BCUT2D eigenvalue weighted by Crippen LogP contribution is 2.54. The molecule has 0 N–H and O–H groups in total. The zero-order chi connectivity index (χ0) is 14.9. The van der Waals surface area contributed by atoms with Crippen molar-refractivity contribution in [2.75, 3.05) is 4.90 Å². The highest BCUT2D eigenvalue weighted by molar-refractivity contribution is 9.11. The molecule has 1 aliphatic heterocycles. The zero-order valence-corrected chi connectivity index (χ0v) is 15.5. The fraction of sp³-hybridized carbons (Fsp3) is 0.333. The van der Waals surface area contributed by atoms with E-state index in [1.165, 1.54) is 4.90 Å². The number of allylic oxidation sites excluding steroid dienone is 2. The largest absolute Gasteiger partial charge is 0.274 e. The SMILES string of the molecule is O=C1C2C3C=CC(C3)C2C(=O)N1c1c(Br)cc(Br)cc1Br. The van der Waals surface area contributed by atoms with Gasteiger partial charge in [-0.2, -0.15) is 0 Å². The summed E-state index contributed by atoms with van der Waals surface area (Å²) in [5.41, 5.74) is 0.613. The summed E-state index contributed by atoms with van der Waals surface area (Å²) in [7, 11) is 0. The second kappa shape index (κ2) is 4.77. The first-order valence-corrected chi connectivity index (χ1v) is 9.07. The molecule has 4 unspecified atom stereocenters. The molecule has 1 aromatic rings. The molecule has 0 spiro atoms. The number of imide groups is 1. The summed E-state index contributed by atoms with van der Waals surface area (Å²) in [6, 6.07) is 3.70. The maximum absolute atomic E-state index is 12.8. The number of benzene rings is 1. The van der Waals surface area contributed by atoms with Crippen LogP contribution in [-0.2, 0) is 9.59 Å². The van der Waals surface area contributed by atoms with Crippen LogP contribution in [-0.4, -0.2) is 11.8 Å². The van der Waals surface area contributed by atoms with E-state index in [-0.39, 0.29) is 35.5 Å². The van der Waals surface area contributed by atoms with Gasteiger partial charge in [0.2, 0.25) is 11.8 Å². The Morgan fingerprint density at radius 3 is 1.86 bits per heavy atom. The molecule has 0 aromatic heterocycles. The van der Waals surface area contributed by atoms with Crippen LogP contribution in [0.2, 0.25) is 0 Å². The lowest BCUT2D eigenvalue weighted by atomic mass is 9.85. The maximum atomic E-state index is 12.8. The number of hydrogen-bond acceptors (Lipinski definition) is 2. The Morgan fingerprint density at radius 2 is 1.38 bits per heavy atom. The van der Waals surface area contributed by atoms with E-state index >= 15 is 0 Å². The van der Waals surface area contributed by atoms with Crippen molar-refractivity contribution in [2.24, 2.45) is 23.7 Å². The van der Waals surface area contributed by atoms with Gasteiger partial charge in [0.15, 0.2) is 0 Å². The van der Waals surface area contributed by atoms with Crippen LogP contribution in [0.25, 0.3) is 0 Å². The molecule has 1 heterocycles. The number of carbonyl (C=O) groups is 2. The van der Waals surface area contributed by atoms with Crippen LogP contribution >= 0.6 is 47.8 Å². The molecule has 21 heavy (non-hydrogen) atoms. The Labute approximate surface area is 147 Å². The van der Waals surface area contributed by atoms with E-state index < -0.39 is 0 Å². The fourth-order valence-corrected chi connectivity index (χ4v) is 6.48. The van der Waals surface area contributed by atoms with Gasteiger partial charge in [-0.3, -0.25) is 9.59 Å². The first kappa shape index (κ1) is 14.2. The summed E-state index contributed by atoms with van der Waals surface area (Å²) in [6.45, 7) is 0. The Morgan fingerprint density at radius 1 is 0.905 bits per heavy atom. The molecule has 2 bridgehead atoms. The van der Waals surface area contributed by atoms with Crippen molar-refractivity contribution in [1.82, 2.24) is 0 Å². The number of halogens is 3. The molecule has 6 heteroatoms. The summed E-state index contributed by atoms with van der Waals surface area (Å²) in [6.07, 6.45) is 5.15. The summed E-state index contributed by atoms with van der Waals surface area (Å²) < 4.78 is 2.34. The van der Waals surface area contributed by atoms with Gasteiger partial charge in [-0.15, -0.1) is 0 Å². The van der Waals surface area contributed by atoms with Crippen LogP contribution in [0, 0.1) is 23.7 Å². The standard InChI is InChI=1S/C15H10Br3NO2/c16-8-4-9(17)13(10(18)5-8)19-14(20)11-6-1-2-7(3-6)12(11)15(19)21/h1-2,4-7,11-12H,3H2. The maximum Gasteiger partial charge on any atom is 0.238 e.